The van der Waals surface area contributed by atoms with Gasteiger partial charge in [-0.3, -0.25) is 4.90 Å². The van der Waals surface area contributed by atoms with Crippen molar-refractivity contribution in [3.05, 3.63) is 46.6 Å². The van der Waals surface area contributed by atoms with Crippen LogP contribution in [0.25, 0.3) is 0 Å². The number of ether oxygens (including phenoxy) is 1. The molecule has 0 amide bonds. The fourth-order valence-corrected chi connectivity index (χ4v) is 3.95. The number of aryl methyl sites for hydroxylation is 3. The Kier molecular flexibility index (Phi) is 5.78. The summed E-state index contributed by atoms with van der Waals surface area (Å²) in [7, 11) is 0. The first-order chi connectivity index (χ1) is 13.6. The molecule has 0 N–H and O–H groups in total. The van der Waals surface area contributed by atoms with Gasteiger partial charge in [-0.05, 0) is 31.9 Å². The Hall–Kier alpha value is -2.18. The summed E-state index contributed by atoms with van der Waals surface area (Å²) in [5.41, 5.74) is 5.20. The van der Waals surface area contributed by atoms with E-state index in [-0.39, 0.29) is 0 Å². The van der Waals surface area contributed by atoms with E-state index in [0.717, 1.165) is 76.5 Å². The molecule has 2 saturated heterocycles. The molecule has 2 aliphatic heterocycles. The number of hydrogen-bond acceptors (Lipinski definition) is 6. The Balaban J connectivity index is 1.40. The number of aromatic nitrogens is 2. The van der Waals surface area contributed by atoms with E-state index in [0.29, 0.717) is 0 Å². The van der Waals surface area contributed by atoms with Gasteiger partial charge in [0, 0.05) is 57.6 Å². The summed E-state index contributed by atoms with van der Waals surface area (Å²) >= 11 is 0. The lowest BCUT2D eigenvalue weighted by Gasteiger charge is -2.36. The quantitative estimate of drug-likeness (QED) is 0.811. The van der Waals surface area contributed by atoms with E-state index in [4.69, 9.17) is 9.72 Å². The van der Waals surface area contributed by atoms with Gasteiger partial charge < -0.3 is 14.5 Å². The van der Waals surface area contributed by atoms with Crippen LogP contribution < -0.4 is 9.80 Å². The van der Waals surface area contributed by atoms with Gasteiger partial charge in [0.25, 0.3) is 0 Å². The summed E-state index contributed by atoms with van der Waals surface area (Å²) < 4.78 is 5.46. The molecule has 0 radical (unpaired) electrons. The third-order valence-electron chi connectivity index (χ3n) is 5.72. The molecule has 2 aromatic rings. The van der Waals surface area contributed by atoms with Crippen LogP contribution in [0.5, 0.6) is 0 Å². The maximum atomic E-state index is 5.46. The fourth-order valence-electron chi connectivity index (χ4n) is 3.95. The van der Waals surface area contributed by atoms with Crippen molar-refractivity contribution in [2.24, 2.45) is 0 Å². The Labute approximate surface area is 168 Å². The van der Waals surface area contributed by atoms with E-state index in [1.807, 2.05) is 0 Å². The van der Waals surface area contributed by atoms with Crippen LogP contribution in [-0.2, 0) is 11.3 Å². The minimum Gasteiger partial charge on any atom is -0.378 e. The van der Waals surface area contributed by atoms with Crippen molar-refractivity contribution in [2.45, 2.75) is 27.3 Å². The molecule has 0 atom stereocenters. The minimum atomic E-state index is 0.754. The molecule has 0 aliphatic carbocycles. The van der Waals surface area contributed by atoms with Crippen LogP contribution in [-0.4, -0.2) is 67.4 Å². The second-order valence-electron chi connectivity index (χ2n) is 7.96. The lowest BCUT2D eigenvalue weighted by atomic mass is 10.0. The zero-order chi connectivity index (χ0) is 19.5. The van der Waals surface area contributed by atoms with Crippen LogP contribution in [0.2, 0.25) is 0 Å². The molecular formula is C22H31N5O. The second-order valence-corrected chi connectivity index (χ2v) is 7.96. The largest absolute Gasteiger partial charge is 0.378 e. The SMILES string of the molecule is Cc1ccc(C)c(CN2CCN(c3cc(C)nc(N4CCOCC4)n3)CC2)c1. The molecule has 0 spiro atoms. The molecule has 2 aliphatic rings. The van der Waals surface area contributed by atoms with Gasteiger partial charge in [-0.1, -0.05) is 23.8 Å². The van der Waals surface area contributed by atoms with Crippen LogP contribution in [0.4, 0.5) is 11.8 Å². The van der Waals surface area contributed by atoms with Gasteiger partial charge in [0.05, 0.1) is 13.2 Å². The number of hydrogen-bond donors (Lipinski definition) is 0. The molecule has 0 unspecified atom stereocenters. The van der Waals surface area contributed by atoms with Gasteiger partial charge in [-0.25, -0.2) is 4.98 Å². The number of piperazine rings is 1. The topological polar surface area (TPSA) is 44.7 Å². The van der Waals surface area contributed by atoms with Crippen LogP contribution in [0, 0.1) is 20.8 Å². The van der Waals surface area contributed by atoms with E-state index >= 15 is 0 Å². The Morgan fingerprint density at radius 3 is 2.36 bits per heavy atom. The van der Waals surface area contributed by atoms with Crippen molar-refractivity contribution >= 4 is 11.8 Å². The van der Waals surface area contributed by atoms with Crippen molar-refractivity contribution < 1.29 is 4.74 Å². The molecule has 1 aromatic heterocycles. The monoisotopic (exact) mass is 381 g/mol. The molecule has 6 nitrogen and oxygen atoms in total. The van der Waals surface area contributed by atoms with E-state index in [2.05, 4.69) is 64.7 Å². The first kappa shape index (κ1) is 19.2. The standard InChI is InChI=1S/C22H31N5O/c1-17-4-5-18(2)20(14-17)16-25-6-8-26(9-7-25)21-15-19(3)23-22(24-21)27-10-12-28-13-11-27/h4-5,14-15H,6-13,16H2,1-3H3. The maximum absolute atomic E-state index is 5.46. The number of anilines is 2. The molecule has 0 bridgehead atoms. The predicted molar refractivity (Wildman–Crippen MR) is 113 cm³/mol. The third kappa shape index (κ3) is 4.45. The van der Waals surface area contributed by atoms with Gasteiger partial charge >= 0.3 is 0 Å². The molecule has 0 saturated carbocycles. The highest BCUT2D eigenvalue weighted by atomic mass is 16.5. The van der Waals surface area contributed by atoms with Gasteiger partial charge in [0.2, 0.25) is 5.95 Å². The lowest BCUT2D eigenvalue weighted by molar-refractivity contribution is 0.122. The summed E-state index contributed by atoms with van der Waals surface area (Å²) in [4.78, 5) is 16.7. The van der Waals surface area contributed by atoms with Crippen LogP contribution in [0.3, 0.4) is 0 Å². The molecule has 3 heterocycles. The number of rotatable bonds is 4. The van der Waals surface area contributed by atoms with Gasteiger partial charge in [-0.2, -0.15) is 4.98 Å². The van der Waals surface area contributed by atoms with Crippen molar-refractivity contribution in [1.29, 1.82) is 0 Å². The van der Waals surface area contributed by atoms with E-state index in [1.54, 1.807) is 0 Å². The first-order valence-electron chi connectivity index (χ1n) is 10.3. The summed E-state index contributed by atoms with van der Waals surface area (Å²) in [6, 6.07) is 8.87. The number of morpholine rings is 1. The number of benzene rings is 1. The fraction of sp³-hybridized carbons (Fsp3) is 0.545. The van der Waals surface area contributed by atoms with Crippen molar-refractivity contribution in [2.75, 3.05) is 62.3 Å². The van der Waals surface area contributed by atoms with Crippen molar-refractivity contribution in [3.8, 4) is 0 Å². The summed E-state index contributed by atoms with van der Waals surface area (Å²) in [5, 5.41) is 0. The van der Waals surface area contributed by atoms with Crippen molar-refractivity contribution in [3.63, 3.8) is 0 Å². The van der Waals surface area contributed by atoms with Crippen LogP contribution >= 0.6 is 0 Å². The average Bonchev–Trinajstić information content (AvgIpc) is 2.71. The van der Waals surface area contributed by atoms with Crippen LogP contribution in [0.1, 0.15) is 22.4 Å². The zero-order valence-corrected chi connectivity index (χ0v) is 17.3. The van der Waals surface area contributed by atoms with Crippen molar-refractivity contribution in [1.82, 2.24) is 14.9 Å². The highest BCUT2D eigenvalue weighted by Gasteiger charge is 2.21. The summed E-state index contributed by atoms with van der Waals surface area (Å²) in [6.07, 6.45) is 0. The third-order valence-corrected chi connectivity index (χ3v) is 5.72. The minimum absolute atomic E-state index is 0.754. The van der Waals surface area contributed by atoms with E-state index < -0.39 is 0 Å². The maximum Gasteiger partial charge on any atom is 0.227 e. The average molecular weight is 382 g/mol. The van der Waals surface area contributed by atoms with Crippen LogP contribution in [0.15, 0.2) is 24.3 Å². The lowest BCUT2D eigenvalue weighted by Crippen LogP contribution is -2.46. The smallest absolute Gasteiger partial charge is 0.227 e. The Morgan fingerprint density at radius 1 is 0.857 bits per heavy atom. The highest BCUT2D eigenvalue weighted by molar-refractivity contribution is 5.46. The second kappa shape index (κ2) is 8.45. The molecule has 28 heavy (non-hydrogen) atoms. The molecule has 6 heteroatoms. The Morgan fingerprint density at radius 2 is 1.61 bits per heavy atom. The van der Waals surface area contributed by atoms with Gasteiger partial charge in [0.1, 0.15) is 5.82 Å². The Bertz CT molecular complexity index is 811. The number of nitrogens with zero attached hydrogens (tertiary/aromatic N) is 5. The molecule has 4 rings (SSSR count). The normalized spacial score (nSPS) is 18.5. The predicted octanol–water partition coefficient (Wildman–Crippen LogP) is 2.56. The molecule has 2 fully saturated rings. The molecular weight excluding hydrogens is 350 g/mol. The van der Waals surface area contributed by atoms with E-state index in [1.165, 1.54) is 16.7 Å². The zero-order valence-electron chi connectivity index (χ0n) is 17.3. The summed E-state index contributed by atoms with van der Waals surface area (Å²) in [5.74, 6) is 1.90. The molecule has 1 aromatic carbocycles. The van der Waals surface area contributed by atoms with E-state index in [9.17, 15) is 0 Å². The van der Waals surface area contributed by atoms with Gasteiger partial charge in [-0.15, -0.1) is 0 Å². The molecule has 150 valence electrons. The summed E-state index contributed by atoms with van der Waals surface area (Å²) in [6.45, 7) is 14.8. The first-order valence-corrected chi connectivity index (χ1v) is 10.3. The highest BCUT2D eigenvalue weighted by Crippen LogP contribution is 2.21. The van der Waals surface area contributed by atoms with Gasteiger partial charge in [0.15, 0.2) is 0 Å².